The molecule has 1 aliphatic heterocycles. The summed E-state index contributed by atoms with van der Waals surface area (Å²) in [5.41, 5.74) is 1.30. The van der Waals surface area contributed by atoms with Crippen molar-refractivity contribution in [1.29, 1.82) is 0 Å². The van der Waals surface area contributed by atoms with Crippen LogP contribution < -0.4 is 10.2 Å². The van der Waals surface area contributed by atoms with Gasteiger partial charge in [0.25, 0.3) is 0 Å². The highest BCUT2D eigenvalue weighted by molar-refractivity contribution is 7.21. The van der Waals surface area contributed by atoms with Gasteiger partial charge < -0.3 is 10.2 Å². The second-order valence-corrected chi connectivity index (χ2v) is 7.59. The largest absolute Gasteiger partial charge is 0.347 e. The summed E-state index contributed by atoms with van der Waals surface area (Å²) in [4.78, 5) is 24.6. The highest BCUT2D eigenvalue weighted by atomic mass is 35.5. The van der Waals surface area contributed by atoms with Crippen molar-refractivity contribution >= 4 is 50.0 Å². The third kappa shape index (κ3) is 3.50. The first-order chi connectivity index (χ1) is 12.6. The number of pyridine rings is 1. The van der Waals surface area contributed by atoms with Gasteiger partial charge in [0.05, 0.1) is 16.6 Å². The fraction of sp³-hybridized carbons (Fsp3) is 0.278. The number of hydrogen-bond acceptors (Lipinski definition) is 5. The van der Waals surface area contributed by atoms with E-state index in [0.29, 0.717) is 12.2 Å². The Balaban J connectivity index is 1.48. The highest BCUT2D eigenvalue weighted by Crippen LogP contribution is 2.31. The minimum absolute atomic E-state index is 0.109. The molecule has 3 aromatic rings. The Hall–Kier alpha value is -2.25. The molecule has 1 aromatic carbocycles. The molecule has 8 heteroatoms. The number of carbonyl (C=O) groups is 1. The molecular formula is C18H16ClFN4OS. The number of hydrogen-bond donors (Lipinski definition) is 1. The van der Waals surface area contributed by atoms with Gasteiger partial charge in [-0.2, -0.15) is 0 Å². The summed E-state index contributed by atoms with van der Waals surface area (Å²) in [7, 11) is 0. The summed E-state index contributed by atoms with van der Waals surface area (Å²) in [6.45, 7) is 1.45. The Bertz CT molecular complexity index is 930. The smallest absolute Gasteiger partial charge is 0.229 e. The quantitative estimate of drug-likeness (QED) is 0.722. The molecule has 3 heterocycles. The van der Waals surface area contributed by atoms with E-state index in [4.69, 9.17) is 11.6 Å². The van der Waals surface area contributed by atoms with Crippen molar-refractivity contribution < 1.29 is 9.18 Å². The van der Waals surface area contributed by atoms with Crippen molar-refractivity contribution in [3.63, 3.8) is 0 Å². The number of carbonyl (C=O) groups excluding carboxylic acids is 1. The van der Waals surface area contributed by atoms with E-state index in [1.165, 1.54) is 29.5 Å². The molecule has 0 radical (unpaired) electrons. The zero-order chi connectivity index (χ0) is 18.1. The molecule has 0 saturated carbocycles. The highest BCUT2D eigenvalue weighted by Gasteiger charge is 2.28. The van der Waals surface area contributed by atoms with Gasteiger partial charge >= 0.3 is 0 Å². The number of piperidine rings is 1. The number of aromatic nitrogens is 2. The number of benzene rings is 1. The number of fused-ring (bicyclic) bond motifs is 1. The third-order valence-corrected chi connectivity index (χ3v) is 5.76. The molecule has 1 saturated heterocycles. The summed E-state index contributed by atoms with van der Waals surface area (Å²) in [5, 5.41) is 3.89. The van der Waals surface area contributed by atoms with Gasteiger partial charge in [-0.1, -0.05) is 22.9 Å². The molecule has 1 fully saturated rings. The van der Waals surface area contributed by atoms with E-state index in [2.05, 4.69) is 20.2 Å². The van der Waals surface area contributed by atoms with Crippen LogP contribution in [0.5, 0.6) is 0 Å². The van der Waals surface area contributed by atoms with Gasteiger partial charge in [0.1, 0.15) is 16.2 Å². The maximum atomic E-state index is 13.2. The average molecular weight is 391 g/mol. The van der Waals surface area contributed by atoms with E-state index in [1.807, 2.05) is 12.1 Å². The fourth-order valence-electron chi connectivity index (χ4n) is 3.08. The number of halogens is 2. The van der Waals surface area contributed by atoms with Gasteiger partial charge in [-0.3, -0.25) is 4.79 Å². The molecule has 0 spiro atoms. The third-order valence-electron chi connectivity index (χ3n) is 4.41. The zero-order valence-corrected chi connectivity index (χ0v) is 15.4. The van der Waals surface area contributed by atoms with E-state index >= 15 is 0 Å². The van der Waals surface area contributed by atoms with Crippen molar-refractivity contribution in [2.75, 3.05) is 23.3 Å². The Labute approximate surface area is 158 Å². The van der Waals surface area contributed by atoms with Gasteiger partial charge in [0.2, 0.25) is 5.91 Å². The van der Waals surface area contributed by atoms with Crippen molar-refractivity contribution in [3.8, 4) is 0 Å². The van der Waals surface area contributed by atoms with Gasteiger partial charge in [-0.05, 0) is 43.2 Å². The minimum Gasteiger partial charge on any atom is -0.347 e. The summed E-state index contributed by atoms with van der Waals surface area (Å²) >= 11 is 7.54. The number of rotatable bonds is 3. The number of nitrogens with one attached hydrogen (secondary N) is 1. The zero-order valence-electron chi connectivity index (χ0n) is 13.8. The average Bonchev–Trinajstić information content (AvgIpc) is 3.08. The van der Waals surface area contributed by atoms with Crippen molar-refractivity contribution in [2.45, 2.75) is 12.8 Å². The van der Waals surface area contributed by atoms with E-state index in [0.717, 1.165) is 34.9 Å². The Morgan fingerprint density at radius 1 is 1.38 bits per heavy atom. The van der Waals surface area contributed by atoms with Crippen molar-refractivity contribution in [2.24, 2.45) is 5.92 Å². The second-order valence-electron chi connectivity index (χ2n) is 6.22. The normalized spacial score (nSPS) is 17.5. The molecule has 4 rings (SSSR count). The standard InChI is InChI=1S/C18H16ClFN4OS/c19-13-9-12(20)5-6-14(13)22-16(25)11-3-2-8-24(10-11)18-23-15-4-1-7-21-17(15)26-18/h1,4-7,9,11H,2-3,8,10H2,(H,22,25)/t11-/m0/s1. The lowest BCUT2D eigenvalue weighted by Crippen LogP contribution is -2.40. The van der Waals surface area contributed by atoms with Crippen LogP contribution in [-0.2, 0) is 4.79 Å². The molecular weight excluding hydrogens is 375 g/mol. The Morgan fingerprint density at radius 2 is 2.27 bits per heavy atom. The number of thiazole rings is 1. The first-order valence-electron chi connectivity index (χ1n) is 8.32. The predicted octanol–water partition coefficient (Wildman–Crippen LogP) is 4.34. The molecule has 134 valence electrons. The molecule has 1 amide bonds. The van der Waals surface area contributed by atoms with Crippen LogP contribution in [0.1, 0.15) is 12.8 Å². The van der Waals surface area contributed by atoms with Crippen LogP contribution >= 0.6 is 22.9 Å². The topological polar surface area (TPSA) is 58.1 Å². The first kappa shape index (κ1) is 17.2. The molecule has 0 bridgehead atoms. The second kappa shape index (κ2) is 7.17. The Kier molecular flexibility index (Phi) is 4.74. The number of anilines is 2. The number of amides is 1. The maximum absolute atomic E-state index is 13.2. The fourth-order valence-corrected chi connectivity index (χ4v) is 4.24. The molecule has 0 aliphatic carbocycles. The van der Waals surface area contributed by atoms with Crippen molar-refractivity contribution in [3.05, 3.63) is 47.4 Å². The van der Waals surface area contributed by atoms with E-state index in [9.17, 15) is 9.18 Å². The molecule has 1 atom stereocenters. The van der Waals surface area contributed by atoms with E-state index < -0.39 is 5.82 Å². The predicted molar refractivity (Wildman–Crippen MR) is 102 cm³/mol. The lowest BCUT2D eigenvalue weighted by atomic mass is 9.97. The van der Waals surface area contributed by atoms with Crippen LogP contribution in [0.3, 0.4) is 0 Å². The van der Waals surface area contributed by atoms with Gasteiger partial charge in [0, 0.05) is 19.3 Å². The molecule has 2 aromatic heterocycles. The first-order valence-corrected chi connectivity index (χ1v) is 9.52. The summed E-state index contributed by atoms with van der Waals surface area (Å²) < 4.78 is 13.2. The van der Waals surface area contributed by atoms with Crippen LogP contribution in [0.25, 0.3) is 10.3 Å². The molecule has 0 unspecified atom stereocenters. The van der Waals surface area contributed by atoms with Crippen LogP contribution in [0, 0.1) is 11.7 Å². The number of nitrogens with zero attached hydrogens (tertiary/aromatic N) is 3. The lowest BCUT2D eigenvalue weighted by Gasteiger charge is -2.31. The maximum Gasteiger partial charge on any atom is 0.229 e. The van der Waals surface area contributed by atoms with E-state index in [-0.39, 0.29) is 16.8 Å². The van der Waals surface area contributed by atoms with Gasteiger partial charge in [-0.15, -0.1) is 0 Å². The molecule has 1 N–H and O–H groups in total. The van der Waals surface area contributed by atoms with Gasteiger partial charge in [-0.25, -0.2) is 14.4 Å². The van der Waals surface area contributed by atoms with Crippen LogP contribution in [0.2, 0.25) is 5.02 Å². The molecule has 26 heavy (non-hydrogen) atoms. The lowest BCUT2D eigenvalue weighted by molar-refractivity contribution is -0.120. The van der Waals surface area contributed by atoms with Crippen LogP contribution in [0.4, 0.5) is 15.2 Å². The minimum atomic E-state index is -0.429. The van der Waals surface area contributed by atoms with E-state index in [1.54, 1.807) is 6.20 Å². The monoisotopic (exact) mass is 390 g/mol. The summed E-state index contributed by atoms with van der Waals surface area (Å²) in [6, 6.07) is 7.76. The van der Waals surface area contributed by atoms with Crippen molar-refractivity contribution in [1.82, 2.24) is 9.97 Å². The summed E-state index contributed by atoms with van der Waals surface area (Å²) in [6.07, 6.45) is 3.45. The SMILES string of the molecule is O=C(Nc1ccc(F)cc1Cl)[C@H]1CCCN(c2nc3cccnc3s2)C1. The Morgan fingerprint density at radius 3 is 3.08 bits per heavy atom. The molecule has 1 aliphatic rings. The van der Waals surface area contributed by atoms with Gasteiger partial charge in [0.15, 0.2) is 5.13 Å². The molecule has 5 nitrogen and oxygen atoms in total. The summed E-state index contributed by atoms with van der Waals surface area (Å²) in [5.74, 6) is -0.714. The van der Waals surface area contributed by atoms with Crippen LogP contribution in [-0.4, -0.2) is 29.0 Å². The van der Waals surface area contributed by atoms with Crippen LogP contribution in [0.15, 0.2) is 36.5 Å².